The molecule has 2 N–H and O–H groups in total. The number of nitrogens with one attached hydrogen (secondary N) is 2. The molecule has 0 bridgehead atoms. The summed E-state index contributed by atoms with van der Waals surface area (Å²) >= 11 is 0. The van der Waals surface area contributed by atoms with Gasteiger partial charge in [-0.25, -0.2) is 14.4 Å². The highest BCUT2D eigenvalue weighted by atomic mass is 19.1. The summed E-state index contributed by atoms with van der Waals surface area (Å²) in [4.78, 5) is 20.3. The van der Waals surface area contributed by atoms with Crippen molar-refractivity contribution in [1.82, 2.24) is 9.97 Å². The number of benzene rings is 2. The van der Waals surface area contributed by atoms with Gasteiger partial charge in [-0.15, -0.1) is 0 Å². The summed E-state index contributed by atoms with van der Waals surface area (Å²) in [6, 6.07) is 16.2. The van der Waals surface area contributed by atoms with E-state index in [0.717, 1.165) is 5.56 Å². The Hall–Kier alpha value is -3.79. The van der Waals surface area contributed by atoms with Crippen LogP contribution in [0.5, 0.6) is 0 Å². The van der Waals surface area contributed by atoms with Crippen LogP contribution in [0.4, 0.5) is 15.9 Å². The number of rotatable bonds is 5. The van der Waals surface area contributed by atoms with E-state index < -0.39 is 0 Å². The number of halogens is 1. The van der Waals surface area contributed by atoms with E-state index in [9.17, 15) is 9.18 Å². The maximum atomic E-state index is 12.9. The first kappa shape index (κ1) is 17.0. The fourth-order valence-corrected chi connectivity index (χ4v) is 2.20. The number of carbonyl (C=O) groups is 1. The minimum Gasteiger partial charge on any atom is -0.366 e. The second-order valence-corrected chi connectivity index (χ2v) is 5.41. The topological polar surface area (TPSA) is 90.7 Å². The second kappa shape index (κ2) is 7.85. The largest absolute Gasteiger partial charge is 0.366 e. The molecule has 0 fully saturated rings. The van der Waals surface area contributed by atoms with Crippen molar-refractivity contribution in [3.8, 4) is 6.07 Å². The van der Waals surface area contributed by atoms with Crippen molar-refractivity contribution >= 4 is 17.4 Å². The van der Waals surface area contributed by atoms with E-state index in [1.54, 1.807) is 36.4 Å². The third-order valence-corrected chi connectivity index (χ3v) is 3.56. The quantitative estimate of drug-likeness (QED) is 0.738. The van der Waals surface area contributed by atoms with Crippen molar-refractivity contribution in [1.29, 1.82) is 5.26 Å². The lowest BCUT2D eigenvalue weighted by atomic mass is 10.2. The predicted molar refractivity (Wildman–Crippen MR) is 94.9 cm³/mol. The van der Waals surface area contributed by atoms with Crippen LogP contribution in [0.3, 0.4) is 0 Å². The molecule has 0 unspecified atom stereocenters. The number of nitrogens with zero attached hydrogens (tertiary/aromatic N) is 3. The molecule has 1 aromatic heterocycles. The Balaban J connectivity index is 1.64. The van der Waals surface area contributed by atoms with Crippen LogP contribution in [0, 0.1) is 17.1 Å². The standard InChI is InChI=1S/C19H14FN5O/c20-15-5-1-14(2-6-15)11-22-18-9-17(23-12-24-18)19(26)25-16-7-3-13(10-21)4-8-16/h1-9,12H,11H2,(H,25,26)(H,22,23,24). The normalized spacial score (nSPS) is 10.0. The van der Waals surface area contributed by atoms with Crippen LogP contribution in [0.1, 0.15) is 21.6 Å². The number of nitriles is 1. The van der Waals surface area contributed by atoms with Gasteiger partial charge >= 0.3 is 0 Å². The molecule has 3 rings (SSSR count). The first-order valence-electron chi connectivity index (χ1n) is 7.76. The van der Waals surface area contributed by atoms with Gasteiger partial charge in [-0.2, -0.15) is 5.26 Å². The van der Waals surface area contributed by atoms with Gasteiger partial charge in [-0.1, -0.05) is 12.1 Å². The van der Waals surface area contributed by atoms with Crippen LogP contribution in [0.25, 0.3) is 0 Å². The molecule has 1 heterocycles. The molecule has 0 radical (unpaired) electrons. The van der Waals surface area contributed by atoms with Gasteiger partial charge < -0.3 is 10.6 Å². The molecule has 6 nitrogen and oxygen atoms in total. The van der Waals surface area contributed by atoms with Crippen LogP contribution in [0.2, 0.25) is 0 Å². The predicted octanol–water partition coefficient (Wildman–Crippen LogP) is 3.35. The zero-order valence-corrected chi connectivity index (χ0v) is 13.6. The van der Waals surface area contributed by atoms with E-state index in [1.165, 1.54) is 24.5 Å². The Morgan fingerprint density at radius 1 is 1.08 bits per heavy atom. The molecular formula is C19H14FN5O. The number of hydrogen-bond donors (Lipinski definition) is 2. The van der Waals surface area contributed by atoms with Gasteiger partial charge in [0.05, 0.1) is 11.6 Å². The Morgan fingerprint density at radius 2 is 1.81 bits per heavy atom. The zero-order chi connectivity index (χ0) is 18.4. The smallest absolute Gasteiger partial charge is 0.274 e. The van der Waals surface area contributed by atoms with E-state index in [2.05, 4.69) is 20.6 Å². The maximum absolute atomic E-state index is 12.9. The van der Waals surface area contributed by atoms with E-state index >= 15 is 0 Å². The summed E-state index contributed by atoms with van der Waals surface area (Å²) in [5.41, 5.74) is 2.16. The summed E-state index contributed by atoms with van der Waals surface area (Å²) < 4.78 is 12.9. The van der Waals surface area contributed by atoms with Gasteiger partial charge in [0.15, 0.2) is 0 Å². The third kappa shape index (κ3) is 4.39. The molecule has 0 aliphatic heterocycles. The molecule has 0 atom stereocenters. The van der Waals surface area contributed by atoms with Gasteiger partial charge in [0.25, 0.3) is 5.91 Å². The van der Waals surface area contributed by atoms with Gasteiger partial charge in [0, 0.05) is 18.3 Å². The van der Waals surface area contributed by atoms with Crippen LogP contribution in [0.15, 0.2) is 60.9 Å². The summed E-state index contributed by atoms with van der Waals surface area (Å²) in [6.45, 7) is 0.438. The molecule has 0 aliphatic rings. The molecule has 0 aliphatic carbocycles. The number of anilines is 2. The molecule has 1 amide bonds. The zero-order valence-electron chi connectivity index (χ0n) is 13.6. The van der Waals surface area contributed by atoms with Gasteiger partial charge in [0.1, 0.15) is 23.7 Å². The highest BCUT2D eigenvalue weighted by Gasteiger charge is 2.09. The third-order valence-electron chi connectivity index (χ3n) is 3.56. The van der Waals surface area contributed by atoms with E-state index in [1.807, 2.05) is 6.07 Å². The first-order chi connectivity index (χ1) is 12.6. The Morgan fingerprint density at radius 3 is 2.50 bits per heavy atom. The first-order valence-corrected chi connectivity index (χ1v) is 7.76. The van der Waals surface area contributed by atoms with Crippen LogP contribution in [-0.2, 0) is 6.54 Å². The minimum absolute atomic E-state index is 0.200. The van der Waals surface area contributed by atoms with E-state index in [4.69, 9.17) is 5.26 Å². The second-order valence-electron chi connectivity index (χ2n) is 5.41. The molecule has 0 saturated heterocycles. The number of amides is 1. The van der Waals surface area contributed by atoms with Crippen molar-refractivity contribution in [3.05, 3.63) is 83.6 Å². The van der Waals surface area contributed by atoms with Crippen molar-refractivity contribution in [3.63, 3.8) is 0 Å². The van der Waals surface area contributed by atoms with Gasteiger partial charge in [-0.3, -0.25) is 4.79 Å². The van der Waals surface area contributed by atoms with Gasteiger partial charge in [-0.05, 0) is 42.0 Å². The van der Waals surface area contributed by atoms with Gasteiger partial charge in [0.2, 0.25) is 0 Å². The van der Waals surface area contributed by atoms with Crippen LogP contribution in [-0.4, -0.2) is 15.9 Å². The van der Waals surface area contributed by atoms with Crippen LogP contribution >= 0.6 is 0 Å². The van der Waals surface area contributed by atoms with E-state index in [-0.39, 0.29) is 17.4 Å². The molecule has 7 heteroatoms. The number of aromatic nitrogens is 2. The SMILES string of the molecule is N#Cc1ccc(NC(=O)c2cc(NCc3ccc(F)cc3)ncn2)cc1. The number of hydrogen-bond acceptors (Lipinski definition) is 5. The van der Waals surface area contributed by atoms with Crippen molar-refractivity contribution in [2.24, 2.45) is 0 Å². The molecule has 3 aromatic rings. The molecule has 2 aromatic carbocycles. The molecule has 0 spiro atoms. The molecule has 128 valence electrons. The van der Waals surface area contributed by atoms with Crippen molar-refractivity contribution in [2.45, 2.75) is 6.54 Å². The van der Waals surface area contributed by atoms with Crippen molar-refractivity contribution in [2.75, 3.05) is 10.6 Å². The average molecular weight is 347 g/mol. The summed E-state index contributed by atoms with van der Waals surface area (Å²) in [6.07, 6.45) is 1.29. The Bertz CT molecular complexity index is 949. The lowest BCUT2D eigenvalue weighted by Gasteiger charge is -2.08. The summed E-state index contributed by atoms with van der Waals surface area (Å²) in [5, 5.41) is 14.6. The summed E-state index contributed by atoms with van der Waals surface area (Å²) in [5.74, 6) is -0.200. The highest BCUT2D eigenvalue weighted by Crippen LogP contribution is 2.12. The average Bonchev–Trinajstić information content (AvgIpc) is 2.68. The monoisotopic (exact) mass is 347 g/mol. The summed E-state index contributed by atoms with van der Waals surface area (Å²) in [7, 11) is 0. The fraction of sp³-hybridized carbons (Fsp3) is 0.0526. The maximum Gasteiger partial charge on any atom is 0.274 e. The molecular weight excluding hydrogens is 333 g/mol. The Labute approximate surface area is 149 Å². The minimum atomic E-state index is -0.387. The molecule has 0 saturated carbocycles. The highest BCUT2D eigenvalue weighted by molar-refractivity contribution is 6.03. The number of carbonyl (C=O) groups excluding carboxylic acids is 1. The van der Waals surface area contributed by atoms with E-state index in [0.29, 0.717) is 23.6 Å². The van der Waals surface area contributed by atoms with Crippen molar-refractivity contribution < 1.29 is 9.18 Å². The molecule has 26 heavy (non-hydrogen) atoms. The fourth-order valence-electron chi connectivity index (χ4n) is 2.20. The Kier molecular flexibility index (Phi) is 5.15. The lowest BCUT2D eigenvalue weighted by Crippen LogP contribution is -2.14. The van der Waals surface area contributed by atoms with Crippen LogP contribution < -0.4 is 10.6 Å². The lowest BCUT2D eigenvalue weighted by molar-refractivity contribution is 0.102.